The van der Waals surface area contributed by atoms with Crippen molar-refractivity contribution in [3.8, 4) is 11.5 Å². The number of ether oxygens (including phenoxy) is 2. The van der Waals surface area contributed by atoms with E-state index in [1.54, 1.807) is 19.9 Å². The number of benzene rings is 1. The molecule has 0 spiro atoms. The van der Waals surface area contributed by atoms with E-state index in [9.17, 15) is 4.39 Å². The molecule has 82 valence electrons. The van der Waals surface area contributed by atoms with Crippen molar-refractivity contribution in [2.75, 3.05) is 6.79 Å². The third-order valence-electron chi connectivity index (χ3n) is 2.24. The van der Waals surface area contributed by atoms with Crippen LogP contribution in [0.1, 0.15) is 19.4 Å². The lowest BCUT2D eigenvalue weighted by atomic mass is 9.95. The molecule has 0 saturated heterocycles. The molecule has 0 aromatic heterocycles. The highest BCUT2D eigenvalue weighted by Gasteiger charge is 2.28. The molecule has 0 bridgehead atoms. The van der Waals surface area contributed by atoms with Crippen molar-refractivity contribution in [2.45, 2.75) is 19.4 Å². The van der Waals surface area contributed by atoms with Gasteiger partial charge in [-0.25, -0.2) is 4.39 Å². The molecule has 0 amide bonds. The van der Waals surface area contributed by atoms with Crippen molar-refractivity contribution in [1.29, 1.82) is 0 Å². The molecule has 1 aliphatic heterocycles. The monoisotopic (exact) mass is 275 g/mol. The van der Waals surface area contributed by atoms with Crippen LogP contribution in [0, 0.1) is 5.82 Å². The molecular formula is C10H11BrFNO2. The summed E-state index contributed by atoms with van der Waals surface area (Å²) in [4.78, 5) is 0. The molecule has 15 heavy (non-hydrogen) atoms. The molecule has 2 rings (SSSR count). The fourth-order valence-electron chi connectivity index (χ4n) is 1.45. The molecule has 2 N–H and O–H groups in total. The normalized spacial score (nSPS) is 14.5. The summed E-state index contributed by atoms with van der Waals surface area (Å²) in [6.07, 6.45) is 0. The molecule has 1 aliphatic rings. The molecule has 5 heteroatoms. The van der Waals surface area contributed by atoms with Crippen LogP contribution in [-0.2, 0) is 5.54 Å². The molecule has 0 radical (unpaired) electrons. The second-order valence-electron chi connectivity index (χ2n) is 4.01. The maximum atomic E-state index is 13.9. The number of hydrogen-bond acceptors (Lipinski definition) is 3. The highest BCUT2D eigenvalue weighted by molar-refractivity contribution is 9.10. The van der Waals surface area contributed by atoms with Gasteiger partial charge in [0.15, 0.2) is 11.5 Å². The van der Waals surface area contributed by atoms with Crippen LogP contribution in [0.25, 0.3) is 0 Å². The standard InChI is InChI=1S/C10H11BrFNO2/c1-10(2,13)5-3-6-9(15-4-14-6)7(11)8(5)12/h3H,4,13H2,1-2H3. The zero-order valence-electron chi connectivity index (χ0n) is 8.43. The molecule has 0 atom stereocenters. The van der Waals surface area contributed by atoms with E-state index in [0.29, 0.717) is 17.1 Å². The minimum Gasteiger partial charge on any atom is -0.454 e. The number of fused-ring (bicyclic) bond motifs is 1. The predicted octanol–water partition coefficient (Wildman–Crippen LogP) is 2.51. The van der Waals surface area contributed by atoms with Crippen LogP contribution in [0.4, 0.5) is 4.39 Å². The highest BCUT2D eigenvalue weighted by Crippen LogP contribution is 2.43. The average Bonchev–Trinajstić information content (AvgIpc) is 2.57. The zero-order chi connectivity index (χ0) is 11.2. The van der Waals surface area contributed by atoms with Crippen molar-refractivity contribution < 1.29 is 13.9 Å². The van der Waals surface area contributed by atoms with Crippen LogP contribution in [0.15, 0.2) is 10.5 Å². The van der Waals surface area contributed by atoms with Gasteiger partial charge in [-0.05, 0) is 35.8 Å². The number of nitrogens with two attached hydrogens (primary N) is 1. The van der Waals surface area contributed by atoms with E-state index in [2.05, 4.69) is 15.9 Å². The summed E-state index contributed by atoms with van der Waals surface area (Å²) in [7, 11) is 0. The van der Waals surface area contributed by atoms with Crippen molar-refractivity contribution in [2.24, 2.45) is 5.73 Å². The first-order chi connectivity index (χ1) is 6.91. The van der Waals surface area contributed by atoms with E-state index in [0.717, 1.165) is 0 Å². The average molecular weight is 276 g/mol. The number of rotatable bonds is 1. The third-order valence-corrected chi connectivity index (χ3v) is 2.95. The molecule has 1 aromatic carbocycles. The Morgan fingerprint density at radius 3 is 2.73 bits per heavy atom. The van der Waals surface area contributed by atoms with E-state index >= 15 is 0 Å². The fraction of sp³-hybridized carbons (Fsp3) is 0.400. The summed E-state index contributed by atoms with van der Waals surface area (Å²) >= 11 is 3.14. The van der Waals surface area contributed by atoms with Gasteiger partial charge in [-0.2, -0.15) is 0 Å². The summed E-state index contributed by atoms with van der Waals surface area (Å²) in [6, 6.07) is 1.59. The lowest BCUT2D eigenvalue weighted by Crippen LogP contribution is -2.30. The Bertz CT molecular complexity index is 415. The van der Waals surface area contributed by atoms with Gasteiger partial charge >= 0.3 is 0 Å². The molecule has 0 unspecified atom stereocenters. The van der Waals surface area contributed by atoms with Crippen LogP contribution in [0.3, 0.4) is 0 Å². The minimum atomic E-state index is -0.756. The Labute approximate surface area is 95.5 Å². The Morgan fingerprint density at radius 2 is 2.13 bits per heavy atom. The van der Waals surface area contributed by atoms with Gasteiger partial charge in [-0.1, -0.05) is 0 Å². The van der Waals surface area contributed by atoms with Crippen molar-refractivity contribution in [1.82, 2.24) is 0 Å². The lowest BCUT2D eigenvalue weighted by molar-refractivity contribution is 0.173. The van der Waals surface area contributed by atoms with Crippen LogP contribution in [0.2, 0.25) is 0 Å². The van der Waals surface area contributed by atoms with Gasteiger partial charge in [0.1, 0.15) is 5.82 Å². The molecular weight excluding hydrogens is 265 g/mol. The summed E-state index contributed by atoms with van der Waals surface area (Å²) < 4.78 is 24.5. The largest absolute Gasteiger partial charge is 0.454 e. The van der Waals surface area contributed by atoms with E-state index in [-0.39, 0.29) is 11.3 Å². The van der Waals surface area contributed by atoms with E-state index in [1.165, 1.54) is 0 Å². The Kier molecular flexibility index (Phi) is 2.39. The fourth-order valence-corrected chi connectivity index (χ4v) is 1.97. The van der Waals surface area contributed by atoms with Crippen LogP contribution >= 0.6 is 15.9 Å². The maximum Gasteiger partial charge on any atom is 0.231 e. The molecule has 1 heterocycles. The molecule has 0 saturated carbocycles. The van der Waals surface area contributed by atoms with Gasteiger partial charge in [0, 0.05) is 11.1 Å². The van der Waals surface area contributed by atoms with Gasteiger partial charge in [-0.3, -0.25) is 0 Å². The first-order valence-electron chi connectivity index (χ1n) is 4.48. The Morgan fingerprint density at radius 1 is 1.47 bits per heavy atom. The second-order valence-corrected chi connectivity index (χ2v) is 4.80. The molecule has 0 fully saturated rings. The summed E-state index contributed by atoms with van der Waals surface area (Å²) in [6.45, 7) is 3.59. The first kappa shape index (κ1) is 10.7. The first-order valence-corrected chi connectivity index (χ1v) is 5.27. The minimum absolute atomic E-state index is 0.113. The van der Waals surface area contributed by atoms with Gasteiger partial charge in [0.05, 0.1) is 4.47 Å². The zero-order valence-corrected chi connectivity index (χ0v) is 10.0. The van der Waals surface area contributed by atoms with Crippen LogP contribution < -0.4 is 15.2 Å². The van der Waals surface area contributed by atoms with Crippen LogP contribution in [0.5, 0.6) is 11.5 Å². The van der Waals surface area contributed by atoms with Crippen molar-refractivity contribution in [3.63, 3.8) is 0 Å². The van der Waals surface area contributed by atoms with E-state index in [4.69, 9.17) is 15.2 Å². The molecule has 0 aliphatic carbocycles. The quantitative estimate of drug-likeness (QED) is 0.857. The van der Waals surface area contributed by atoms with Gasteiger partial charge in [0.2, 0.25) is 6.79 Å². The SMILES string of the molecule is CC(C)(N)c1cc2c(c(Br)c1F)OCO2. The summed E-state index contributed by atoms with van der Waals surface area (Å²) in [5.74, 6) is 0.532. The topological polar surface area (TPSA) is 44.5 Å². The lowest BCUT2D eigenvalue weighted by Gasteiger charge is -2.21. The van der Waals surface area contributed by atoms with Crippen molar-refractivity contribution >= 4 is 15.9 Å². The molecule has 3 nitrogen and oxygen atoms in total. The third kappa shape index (κ3) is 1.70. The number of hydrogen-bond donors (Lipinski definition) is 1. The van der Waals surface area contributed by atoms with E-state index < -0.39 is 11.4 Å². The Balaban J connectivity index is 2.64. The predicted molar refractivity (Wildman–Crippen MR) is 57.4 cm³/mol. The summed E-state index contributed by atoms with van der Waals surface area (Å²) in [5, 5.41) is 0. The summed E-state index contributed by atoms with van der Waals surface area (Å²) in [5.41, 5.74) is 5.51. The van der Waals surface area contributed by atoms with Gasteiger partial charge in [-0.15, -0.1) is 0 Å². The van der Waals surface area contributed by atoms with Crippen LogP contribution in [-0.4, -0.2) is 6.79 Å². The van der Waals surface area contributed by atoms with Gasteiger partial charge in [0.25, 0.3) is 0 Å². The van der Waals surface area contributed by atoms with E-state index in [1.807, 2.05) is 0 Å². The number of halogens is 2. The smallest absolute Gasteiger partial charge is 0.231 e. The van der Waals surface area contributed by atoms with Gasteiger partial charge < -0.3 is 15.2 Å². The van der Waals surface area contributed by atoms with Crippen molar-refractivity contribution in [3.05, 3.63) is 21.9 Å². The molecule has 1 aromatic rings. The Hall–Kier alpha value is -0.810. The maximum absolute atomic E-state index is 13.9. The highest BCUT2D eigenvalue weighted by atomic mass is 79.9. The second kappa shape index (κ2) is 3.35.